The van der Waals surface area contributed by atoms with E-state index in [1.54, 1.807) is 0 Å². The fraction of sp³-hybridized carbons (Fsp3) is 0.815. The predicted octanol–water partition coefficient (Wildman–Crippen LogP) is 7.18. The summed E-state index contributed by atoms with van der Waals surface area (Å²) in [5.41, 5.74) is 8.50. The second-order valence-corrected chi connectivity index (χ2v) is 11.6. The van der Waals surface area contributed by atoms with Gasteiger partial charge in [0.1, 0.15) is 0 Å². The van der Waals surface area contributed by atoms with Crippen molar-refractivity contribution in [2.75, 3.05) is 12.3 Å². The third kappa shape index (κ3) is 6.48. The molecule has 4 rings (SSSR count). The number of pyridine rings is 1. The molecule has 2 nitrogen and oxygen atoms in total. The van der Waals surface area contributed by atoms with E-state index in [4.69, 9.17) is 10.7 Å². The van der Waals surface area contributed by atoms with Gasteiger partial charge in [-0.05, 0) is 61.5 Å². The molecule has 1 aromatic rings. The lowest BCUT2D eigenvalue weighted by Crippen LogP contribution is -2.21. The number of thioether (sulfide) groups is 1. The molecule has 1 aromatic heterocycles. The summed E-state index contributed by atoms with van der Waals surface area (Å²) in [7, 11) is 0. The van der Waals surface area contributed by atoms with Crippen LogP contribution in [0.5, 0.6) is 0 Å². The monoisotopic (exact) mass is 428 g/mol. The summed E-state index contributed by atoms with van der Waals surface area (Å²) < 4.78 is 0. The molecule has 2 unspecified atom stereocenters. The van der Waals surface area contributed by atoms with Gasteiger partial charge in [-0.25, -0.2) is 0 Å². The zero-order chi connectivity index (χ0) is 20.6. The number of aryl methyl sites for hydroxylation is 2. The van der Waals surface area contributed by atoms with Crippen LogP contribution in [0.15, 0.2) is 17.0 Å². The number of aromatic nitrogens is 1. The first-order valence-electron chi connectivity index (χ1n) is 13.1. The molecule has 2 fully saturated rings. The van der Waals surface area contributed by atoms with E-state index in [0.29, 0.717) is 0 Å². The summed E-state index contributed by atoms with van der Waals surface area (Å²) in [6.45, 7) is 0.755. The van der Waals surface area contributed by atoms with Crippen LogP contribution < -0.4 is 5.73 Å². The Hall–Kier alpha value is -0.540. The van der Waals surface area contributed by atoms with Crippen LogP contribution in [0.25, 0.3) is 0 Å². The van der Waals surface area contributed by atoms with Gasteiger partial charge in [-0.2, -0.15) is 0 Å². The molecule has 0 radical (unpaired) electrons. The number of nitrogens with two attached hydrogens (primary N) is 1. The number of rotatable bonds is 3. The third-order valence-corrected chi connectivity index (χ3v) is 9.38. The number of hydrogen-bond donors (Lipinski definition) is 1. The van der Waals surface area contributed by atoms with Gasteiger partial charge in [0.15, 0.2) is 0 Å². The molecule has 0 aromatic carbocycles. The lowest BCUT2D eigenvalue weighted by molar-refractivity contribution is 0.191. The van der Waals surface area contributed by atoms with E-state index in [1.165, 1.54) is 119 Å². The highest BCUT2D eigenvalue weighted by molar-refractivity contribution is 7.99. The van der Waals surface area contributed by atoms with Crippen molar-refractivity contribution >= 4 is 11.8 Å². The molecular formula is C27H44N2S. The quantitative estimate of drug-likeness (QED) is 0.518. The number of hydrogen-bond acceptors (Lipinski definition) is 3. The maximum atomic E-state index is 5.80. The molecular weight excluding hydrogens is 384 g/mol. The van der Waals surface area contributed by atoms with Crippen molar-refractivity contribution in [3.63, 3.8) is 0 Å². The Kier molecular flexibility index (Phi) is 8.99. The molecule has 3 aliphatic rings. The molecule has 1 aliphatic heterocycles. The Morgan fingerprint density at radius 2 is 1.07 bits per heavy atom. The van der Waals surface area contributed by atoms with E-state index in [9.17, 15) is 0 Å². The molecule has 2 saturated carbocycles. The van der Waals surface area contributed by atoms with Crippen LogP contribution in [0.3, 0.4) is 0 Å². The summed E-state index contributed by atoms with van der Waals surface area (Å²) in [5.74, 6) is 4.87. The van der Waals surface area contributed by atoms with Crippen LogP contribution in [0.4, 0.5) is 0 Å². The minimum Gasteiger partial charge on any atom is -0.330 e. The second-order valence-electron chi connectivity index (χ2n) is 10.4. The van der Waals surface area contributed by atoms with Crippen molar-refractivity contribution in [2.24, 2.45) is 29.4 Å². The standard InChI is InChI=1S/C27H44N2S/c28-17-18-30-27-19-25-15-13-23-11-5-3-9-21(23)7-1-2-8-22-10-4-6-12-24(22)14-16-26(20-27)29-25/h19-24H,1-18,28H2/t21-,22?,23+,24?/m1/s1. The fourth-order valence-corrected chi connectivity index (χ4v) is 7.50. The lowest BCUT2D eigenvalue weighted by Gasteiger charge is -2.33. The first-order valence-corrected chi connectivity index (χ1v) is 14.1. The third-order valence-electron chi connectivity index (χ3n) is 8.37. The van der Waals surface area contributed by atoms with E-state index in [2.05, 4.69) is 12.1 Å². The molecule has 0 saturated heterocycles. The largest absolute Gasteiger partial charge is 0.330 e. The molecule has 2 bridgehead atoms. The van der Waals surface area contributed by atoms with Crippen LogP contribution in [0, 0.1) is 23.7 Å². The average Bonchev–Trinajstić information content (AvgIpc) is 2.79. The van der Waals surface area contributed by atoms with E-state index < -0.39 is 0 Å². The second kappa shape index (κ2) is 11.9. The minimum atomic E-state index is 0.755. The van der Waals surface area contributed by atoms with Crippen LogP contribution in [0.2, 0.25) is 0 Å². The maximum Gasteiger partial charge on any atom is 0.0418 e. The average molecular weight is 429 g/mol. The van der Waals surface area contributed by atoms with Gasteiger partial charge < -0.3 is 5.73 Å². The summed E-state index contributed by atoms with van der Waals surface area (Å²) >= 11 is 1.93. The molecule has 2 N–H and O–H groups in total. The smallest absolute Gasteiger partial charge is 0.0418 e. The summed E-state index contributed by atoms with van der Waals surface area (Å²) in [6.07, 6.45) is 22.8. The van der Waals surface area contributed by atoms with Crippen molar-refractivity contribution in [1.29, 1.82) is 0 Å². The fourth-order valence-electron chi connectivity index (χ4n) is 6.70. The first-order chi connectivity index (χ1) is 14.8. The van der Waals surface area contributed by atoms with E-state index >= 15 is 0 Å². The maximum absolute atomic E-state index is 5.80. The van der Waals surface area contributed by atoms with Crippen molar-refractivity contribution in [1.82, 2.24) is 4.98 Å². The van der Waals surface area contributed by atoms with Crippen molar-refractivity contribution in [3.8, 4) is 0 Å². The van der Waals surface area contributed by atoms with Crippen LogP contribution in [0.1, 0.15) is 101 Å². The highest BCUT2D eigenvalue weighted by Crippen LogP contribution is 2.39. The Labute approximate surface area is 189 Å². The molecule has 168 valence electrons. The molecule has 0 amide bonds. The summed E-state index contributed by atoms with van der Waals surface area (Å²) in [4.78, 5) is 6.59. The molecule has 4 atom stereocenters. The van der Waals surface area contributed by atoms with Crippen LogP contribution in [-0.2, 0) is 12.8 Å². The van der Waals surface area contributed by atoms with Crippen molar-refractivity contribution in [3.05, 3.63) is 23.5 Å². The zero-order valence-corrected chi connectivity index (χ0v) is 19.9. The zero-order valence-electron chi connectivity index (χ0n) is 19.1. The SMILES string of the molecule is NCCSc1cc2nc(c1)CC[C@@H]1CCCC[C@H]1CCCCC1CCCCC1CC2. The minimum absolute atomic E-state index is 0.755. The molecule has 0 spiro atoms. The normalized spacial score (nSPS) is 31.1. The topological polar surface area (TPSA) is 38.9 Å². The van der Waals surface area contributed by atoms with Gasteiger partial charge in [0, 0.05) is 28.6 Å². The van der Waals surface area contributed by atoms with Gasteiger partial charge in [-0.3, -0.25) is 4.98 Å². The van der Waals surface area contributed by atoms with Gasteiger partial charge in [-0.1, -0.05) is 77.0 Å². The number of nitrogens with zero attached hydrogens (tertiary/aromatic N) is 1. The van der Waals surface area contributed by atoms with Crippen LogP contribution in [-0.4, -0.2) is 17.3 Å². The van der Waals surface area contributed by atoms with Crippen molar-refractivity contribution < 1.29 is 0 Å². The van der Waals surface area contributed by atoms with Gasteiger partial charge in [0.2, 0.25) is 0 Å². The van der Waals surface area contributed by atoms with E-state index in [1.807, 2.05) is 11.8 Å². The van der Waals surface area contributed by atoms with Crippen molar-refractivity contribution in [2.45, 2.75) is 108 Å². The van der Waals surface area contributed by atoms with Crippen LogP contribution >= 0.6 is 11.8 Å². The molecule has 2 aliphatic carbocycles. The molecule has 30 heavy (non-hydrogen) atoms. The molecule has 2 heterocycles. The van der Waals surface area contributed by atoms with E-state index in [0.717, 1.165) is 36.0 Å². The Balaban J connectivity index is 1.52. The first kappa shape index (κ1) is 22.6. The molecule has 3 heteroatoms. The Morgan fingerprint density at radius 3 is 1.47 bits per heavy atom. The summed E-state index contributed by atoms with van der Waals surface area (Å²) in [6, 6.07) is 4.76. The van der Waals surface area contributed by atoms with E-state index in [-0.39, 0.29) is 0 Å². The summed E-state index contributed by atoms with van der Waals surface area (Å²) in [5, 5.41) is 0. The number of fused-ring (bicyclic) bond motifs is 4. The van der Waals surface area contributed by atoms with Gasteiger partial charge >= 0.3 is 0 Å². The Morgan fingerprint density at radius 1 is 0.667 bits per heavy atom. The van der Waals surface area contributed by atoms with Gasteiger partial charge in [0.25, 0.3) is 0 Å². The predicted molar refractivity (Wildman–Crippen MR) is 130 cm³/mol. The highest BCUT2D eigenvalue weighted by Gasteiger charge is 2.27. The lowest BCUT2D eigenvalue weighted by atomic mass is 9.73. The van der Waals surface area contributed by atoms with Gasteiger partial charge in [0.05, 0.1) is 0 Å². The highest BCUT2D eigenvalue weighted by atomic mass is 32.2. The Bertz CT molecular complexity index is 598. The van der Waals surface area contributed by atoms with Gasteiger partial charge in [-0.15, -0.1) is 11.8 Å².